The first-order valence-electron chi connectivity index (χ1n) is 9.05. The number of carbonyl (C=O) groups excluding carboxylic acids is 3. The van der Waals surface area contributed by atoms with E-state index in [9.17, 15) is 14.4 Å². The van der Waals surface area contributed by atoms with Crippen molar-refractivity contribution in [1.29, 1.82) is 0 Å². The Bertz CT molecular complexity index is 631. The van der Waals surface area contributed by atoms with Gasteiger partial charge >= 0.3 is 0 Å². The molecule has 0 radical (unpaired) electrons. The lowest BCUT2D eigenvalue weighted by Crippen LogP contribution is -3.00. The number of carbonyl (C=O) groups is 3. The topological polar surface area (TPSA) is 57.7 Å². The molecule has 6 nitrogen and oxygen atoms in total. The van der Waals surface area contributed by atoms with Crippen LogP contribution in [0.2, 0.25) is 0 Å². The van der Waals surface area contributed by atoms with Crippen molar-refractivity contribution in [1.82, 2.24) is 9.80 Å². The van der Waals surface area contributed by atoms with Gasteiger partial charge in [-0.25, -0.2) is 0 Å². The van der Waals surface area contributed by atoms with Gasteiger partial charge in [-0.3, -0.25) is 19.3 Å². The van der Waals surface area contributed by atoms with Gasteiger partial charge in [0.2, 0.25) is 5.91 Å². The lowest BCUT2D eigenvalue weighted by Gasteiger charge is -2.42. The fourth-order valence-electron chi connectivity index (χ4n) is 3.43. The average Bonchev–Trinajstić information content (AvgIpc) is 2.94. The Morgan fingerprint density at radius 3 is 2.07 bits per heavy atom. The highest BCUT2D eigenvalue weighted by Crippen LogP contribution is 2.15. The lowest BCUT2D eigenvalue weighted by molar-refractivity contribution is -0.918. The minimum Gasteiger partial charge on any atom is -1.00 e. The van der Waals surface area contributed by atoms with Crippen LogP contribution in [0.4, 0.5) is 0 Å². The van der Waals surface area contributed by atoms with Gasteiger partial charge in [-0.05, 0) is 24.7 Å². The zero-order valence-corrected chi connectivity index (χ0v) is 17.1. The Hall–Kier alpha value is -2.09. The molecule has 1 saturated heterocycles. The van der Waals surface area contributed by atoms with E-state index in [0.29, 0.717) is 43.6 Å². The molecule has 0 aromatic carbocycles. The lowest BCUT2D eigenvalue weighted by atomic mass is 10.1. The summed E-state index contributed by atoms with van der Waals surface area (Å²) in [7, 11) is 0. The molecule has 2 rings (SSSR count). The maximum absolute atomic E-state index is 12.4. The maximum Gasteiger partial charge on any atom is 0.253 e. The summed E-state index contributed by atoms with van der Waals surface area (Å²) in [6, 6.07) is 0. The average molecular weight is 436 g/mol. The molecule has 1 fully saturated rings. The van der Waals surface area contributed by atoms with Crippen LogP contribution in [0.5, 0.6) is 0 Å². The summed E-state index contributed by atoms with van der Waals surface area (Å²) in [5.74, 6) is 5.06. The van der Waals surface area contributed by atoms with Crippen molar-refractivity contribution < 1.29 is 35.8 Å². The Morgan fingerprint density at radius 1 is 1.00 bits per heavy atom. The second-order valence-corrected chi connectivity index (χ2v) is 6.87. The third-order valence-corrected chi connectivity index (χ3v) is 5.07. The Balaban J connectivity index is 0.00000364. The molecule has 0 aromatic rings. The van der Waals surface area contributed by atoms with Gasteiger partial charge in [-0.1, -0.05) is 6.42 Å². The number of halogens is 1. The van der Waals surface area contributed by atoms with Gasteiger partial charge in [0.1, 0.15) is 13.1 Å². The van der Waals surface area contributed by atoms with E-state index in [2.05, 4.69) is 11.8 Å². The number of piperazine rings is 1. The van der Waals surface area contributed by atoms with Gasteiger partial charge in [0.15, 0.2) is 0 Å². The van der Waals surface area contributed by atoms with Gasteiger partial charge in [0.05, 0.1) is 26.2 Å². The molecule has 0 aromatic heterocycles. The van der Waals surface area contributed by atoms with Crippen molar-refractivity contribution in [3.05, 3.63) is 12.2 Å². The number of terminal acetylenes is 2. The van der Waals surface area contributed by atoms with Gasteiger partial charge in [0, 0.05) is 25.1 Å². The van der Waals surface area contributed by atoms with E-state index < -0.39 is 0 Å². The van der Waals surface area contributed by atoms with Crippen LogP contribution in [0.25, 0.3) is 0 Å². The number of quaternary nitrogens is 1. The maximum atomic E-state index is 12.4. The first-order valence-corrected chi connectivity index (χ1v) is 9.05. The van der Waals surface area contributed by atoms with Crippen LogP contribution in [0.3, 0.4) is 0 Å². The molecule has 2 aliphatic rings. The number of imide groups is 1. The van der Waals surface area contributed by atoms with Crippen molar-refractivity contribution in [2.24, 2.45) is 0 Å². The Kier molecular flexibility index (Phi) is 9.28. The predicted octanol–water partition coefficient (Wildman–Crippen LogP) is -2.60. The van der Waals surface area contributed by atoms with E-state index in [1.807, 2.05) is 4.90 Å². The quantitative estimate of drug-likeness (QED) is 0.182. The second-order valence-electron chi connectivity index (χ2n) is 6.87. The van der Waals surface area contributed by atoms with Crippen molar-refractivity contribution in [3.8, 4) is 24.7 Å². The van der Waals surface area contributed by atoms with Crippen molar-refractivity contribution in [3.63, 3.8) is 0 Å². The Morgan fingerprint density at radius 2 is 1.56 bits per heavy atom. The van der Waals surface area contributed by atoms with Crippen molar-refractivity contribution >= 4 is 17.7 Å². The van der Waals surface area contributed by atoms with Crippen molar-refractivity contribution in [2.75, 3.05) is 45.8 Å². The molecule has 2 heterocycles. The fourth-order valence-corrected chi connectivity index (χ4v) is 3.43. The molecule has 0 atom stereocenters. The molecule has 0 aliphatic carbocycles. The van der Waals surface area contributed by atoms with Gasteiger partial charge in [-0.15, -0.1) is 12.8 Å². The molecule has 7 heteroatoms. The monoisotopic (exact) mass is 435 g/mol. The number of hydrogen-bond donors (Lipinski definition) is 0. The molecule has 0 N–H and O–H groups in total. The van der Waals surface area contributed by atoms with Crippen LogP contribution < -0.4 is 17.0 Å². The predicted molar refractivity (Wildman–Crippen MR) is 98.3 cm³/mol. The number of hydrogen-bond acceptors (Lipinski definition) is 3. The van der Waals surface area contributed by atoms with Crippen LogP contribution in [-0.4, -0.2) is 77.8 Å². The summed E-state index contributed by atoms with van der Waals surface area (Å²) < 4.78 is 0.697. The van der Waals surface area contributed by atoms with E-state index >= 15 is 0 Å². The minimum atomic E-state index is -0.250. The van der Waals surface area contributed by atoms with Crippen LogP contribution in [-0.2, 0) is 14.4 Å². The first-order chi connectivity index (χ1) is 12.5. The zero-order chi connectivity index (χ0) is 19.0. The van der Waals surface area contributed by atoms with Gasteiger partial charge in [-0.2, -0.15) is 0 Å². The number of rotatable bonds is 8. The summed E-state index contributed by atoms with van der Waals surface area (Å²) in [6.07, 6.45) is 16.3. The standard InChI is InChI=1S/C20H26N3O3.BrH/c1-3-14-23(15-4-2)16-12-21(13-17-23)18(24)8-6-5-7-11-22-19(25)9-10-20(22)26;/h1-2,9-10H,5-8,11-17H2;1H/q+1;/p-1. The van der Waals surface area contributed by atoms with Crippen LogP contribution >= 0.6 is 0 Å². The third-order valence-electron chi connectivity index (χ3n) is 5.07. The second kappa shape index (κ2) is 10.9. The summed E-state index contributed by atoms with van der Waals surface area (Å²) in [6.45, 7) is 4.60. The van der Waals surface area contributed by atoms with Crippen molar-refractivity contribution in [2.45, 2.75) is 25.7 Å². The van der Waals surface area contributed by atoms with E-state index in [0.717, 1.165) is 32.4 Å². The largest absolute Gasteiger partial charge is 1.00 e. The van der Waals surface area contributed by atoms with E-state index in [1.165, 1.54) is 17.1 Å². The molecular formula is C20H26BrN3O3. The van der Waals surface area contributed by atoms with Crippen LogP contribution in [0.1, 0.15) is 25.7 Å². The van der Waals surface area contributed by atoms with Crippen LogP contribution in [0.15, 0.2) is 12.2 Å². The van der Waals surface area contributed by atoms with E-state index in [-0.39, 0.29) is 34.7 Å². The van der Waals surface area contributed by atoms with E-state index in [1.54, 1.807) is 0 Å². The summed E-state index contributed by atoms with van der Waals surface area (Å²) in [5.41, 5.74) is 0. The van der Waals surface area contributed by atoms with E-state index in [4.69, 9.17) is 12.8 Å². The number of nitrogens with zero attached hydrogens (tertiary/aromatic N) is 3. The summed E-state index contributed by atoms with van der Waals surface area (Å²) in [4.78, 5) is 38.4. The summed E-state index contributed by atoms with van der Waals surface area (Å²) in [5, 5.41) is 0. The Labute approximate surface area is 171 Å². The molecule has 0 spiro atoms. The molecule has 0 bridgehead atoms. The van der Waals surface area contributed by atoms with Gasteiger partial charge in [0.25, 0.3) is 11.8 Å². The molecule has 146 valence electrons. The molecule has 0 unspecified atom stereocenters. The molecule has 3 amide bonds. The number of amides is 3. The third kappa shape index (κ3) is 6.23. The fraction of sp³-hybridized carbons (Fsp3) is 0.550. The normalized spacial score (nSPS) is 18.0. The highest BCUT2D eigenvalue weighted by atomic mass is 79.9. The molecule has 2 aliphatic heterocycles. The highest BCUT2D eigenvalue weighted by Gasteiger charge is 2.33. The molecular weight excluding hydrogens is 410 g/mol. The smallest absolute Gasteiger partial charge is 0.253 e. The minimum absolute atomic E-state index is 0. The zero-order valence-electron chi connectivity index (χ0n) is 15.5. The number of unbranched alkanes of at least 4 members (excludes halogenated alkanes) is 2. The molecule has 27 heavy (non-hydrogen) atoms. The van der Waals surface area contributed by atoms with Gasteiger partial charge < -0.3 is 26.4 Å². The summed E-state index contributed by atoms with van der Waals surface area (Å²) >= 11 is 0. The SMILES string of the molecule is C#CC[N+]1(CC#C)CCN(C(=O)CCCCCN2C(=O)C=CC2=O)CC1.[Br-]. The highest BCUT2D eigenvalue weighted by molar-refractivity contribution is 6.12. The van der Waals surface area contributed by atoms with Crippen LogP contribution in [0, 0.1) is 24.7 Å². The molecule has 0 saturated carbocycles. The first kappa shape index (κ1) is 23.0.